The average molecular weight is 459 g/mol. The van der Waals surface area contributed by atoms with Crippen molar-refractivity contribution < 1.29 is 26.4 Å². The van der Waals surface area contributed by atoms with Crippen molar-refractivity contribution in [2.75, 3.05) is 45.8 Å². The van der Waals surface area contributed by atoms with Gasteiger partial charge in [-0.05, 0) is 43.5 Å². The van der Waals surface area contributed by atoms with Gasteiger partial charge >= 0.3 is 6.18 Å². The highest BCUT2D eigenvalue weighted by atomic mass is 32.2. The maximum atomic E-state index is 12.9. The van der Waals surface area contributed by atoms with Gasteiger partial charge in [-0.3, -0.25) is 9.69 Å². The highest BCUT2D eigenvalue weighted by molar-refractivity contribution is 7.89. The fraction of sp³-hybridized carbons (Fsp3) is 0.600. The van der Waals surface area contributed by atoms with E-state index in [4.69, 9.17) is 5.26 Å². The van der Waals surface area contributed by atoms with Crippen LogP contribution in [-0.4, -0.2) is 80.4 Å². The van der Waals surface area contributed by atoms with Crippen molar-refractivity contribution in [1.82, 2.24) is 14.1 Å². The first-order chi connectivity index (χ1) is 14.6. The first-order valence-electron chi connectivity index (χ1n) is 10.2. The summed E-state index contributed by atoms with van der Waals surface area (Å²) in [7, 11) is -3.71. The average Bonchev–Trinajstić information content (AvgIpc) is 2.97. The Hall–Kier alpha value is -2.16. The molecule has 1 aromatic carbocycles. The molecule has 2 aliphatic heterocycles. The Kier molecular flexibility index (Phi) is 7.24. The van der Waals surface area contributed by atoms with Gasteiger partial charge in [0.15, 0.2) is 0 Å². The minimum atomic E-state index is -4.26. The number of sulfonamides is 1. The van der Waals surface area contributed by atoms with Gasteiger partial charge in [0.05, 0.1) is 23.1 Å². The molecule has 0 N–H and O–H groups in total. The van der Waals surface area contributed by atoms with Crippen molar-refractivity contribution in [3.05, 3.63) is 29.8 Å². The lowest BCUT2D eigenvalue weighted by Crippen LogP contribution is -2.45. The standard InChI is InChI=1S/C20H25F3N4O3S/c21-20(22,23)15-25-8-1-9-26(13-12-25)19(28)17-6-10-27(11-7-17)31(29,30)18-4-2-16(14-24)3-5-18/h2-5,17H,1,6-13,15H2. The van der Waals surface area contributed by atoms with Crippen molar-refractivity contribution in [3.63, 3.8) is 0 Å². The number of carbonyl (C=O) groups excluding carboxylic acids is 1. The minimum Gasteiger partial charge on any atom is -0.341 e. The molecule has 1 aromatic rings. The molecule has 3 rings (SSSR count). The lowest BCUT2D eigenvalue weighted by molar-refractivity contribution is -0.145. The summed E-state index contributed by atoms with van der Waals surface area (Å²) in [4.78, 5) is 15.9. The van der Waals surface area contributed by atoms with Gasteiger partial charge in [-0.2, -0.15) is 22.7 Å². The van der Waals surface area contributed by atoms with Crippen LogP contribution in [0.4, 0.5) is 13.2 Å². The lowest BCUT2D eigenvalue weighted by atomic mass is 9.96. The number of nitriles is 1. The van der Waals surface area contributed by atoms with Crippen LogP contribution in [0, 0.1) is 17.2 Å². The third-order valence-electron chi connectivity index (χ3n) is 5.73. The van der Waals surface area contributed by atoms with Gasteiger partial charge in [0.2, 0.25) is 15.9 Å². The minimum absolute atomic E-state index is 0.105. The number of carbonyl (C=O) groups is 1. The van der Waals surface area contributed by atoms with Crippen LogP contribution in [0.1, 0.15) is 24.8 Å². The van der Waals surface area contributed by atoms with Crippen LogP contribution in [0.25, 0.3) is 0 Å². The molecule has 0 spiro atoms. The molecule has 2 aliphatic rings. The molecule has 7 nitrogen and oxygen atoms in total. The first-order valence-corrected chi connectivity index (χ1v) is 11.6. The zero-order valence-electron chi connectivity index (χ0n) is 17.0. The number of amides is 1. The maximum absolute atomic E-state index is 12.9. The van der Waals surface area contributed by atoms with Crippen LogP contribution >= 0.6 is 0 Å². The molecule has 11 heteroatoms. The van der Waals surface area contributed by atoms with Crippen LogP contribution in [0.3, 0.4) is 0 Å². The molecular formula is C20H25F3N4O3S. The van der Waals surface area contributed by atoms with E-state index in [9.17, 15) is 26.4 Å². The highest BCUT2D eigenvalue weighted by Crippen LogP contribution is 2.26. The summed E-state index contributed by atoms with van der Waals surface area (Å²) in [6.45, 7) is 0.567. The monoisotopic (exact) mass is 458 g/mol. The molecule has 0 aliphatic carbocycles. The normalized spacial score (nSPS) is 20.3. The van der Waals surface area contributed by atoms with Crippen LogP contribution in [0.5, 0.6) is 0 Å². The van der Waals surface area contributed by atoms with Crippen molar-refractivity contribution in [2.45, 2.75) is 30.3 Å². The third-order valence-corrected chi connectivity index (χ3v) is 7.64. The second-order valence-electron chi connectivity index (χ2n) is 7.88. The summed E-state index contributed by atoms with van der Waals surface area (Å²) in [5.41, 5.74) is 0.370. The number of alkyl halides is 3. The molecule has 170 valence electrons. The largest absolute Gasteiger partial charge is 0.401 e. The van der Waals surface area contributed by atoms with Crippen LogP contribution in [0.15, 0.2) is 29.2 Å². The predicted molar refractivity (Wildman–Crippen MR) is 106 cm³/mol. The number of hydrogen-bond donors (Lipinski definition) is 0. The SMILES string of the molecule is N#Cc1ccc(S(=O)(=O)N2CCC(C(=O)N3CCCN(CC(F)(F)F)CC3)CC2)cc1. The third kappa shape index (κ3) is 5.96. The quantitative estimate of drug-likeness (QED) is 0.690. The molecule has 2 heterocycles. The predicted octanol–water partition coefficient (Wildman–Crippen LogP) is 2.06. The summed E-state index contributed by atoms with van der Waals surface area (Å²) in [5.74, 6) is -0.439. The Morgan fingerprint density at radius 3 is 2.26 bits per heavy atom. The van der Waals surface area contributed by atoms with Crippen molar-refractivity contribution in [1.29, 1.82) is 5.26 Å². The van der Waals surface area contributed by atoms with Crippen molar-refractivity contribution >= 4 is 15.9 Å². The second-order valence-corrected chi connectivity index (χ2v) is 9.82. The number of piperidine rings is 1. The Bertz CT molecular complexity index is 920. The molecule has 31 heavy (non-hydrogen) atoms. The smallest absolute Gasteiger partial charge is 0.341 e. The number of halogens is 3. The molecule has 2 saturated heterocycles. The zero-order valence-corrected chi connectivity index (χ0v) is 17.8. The van der Waals surface area contributed by atoms with E-state index in [0.29, 0.717) is 37.9 Å². The van der Waals surface area contributed by atoms with E-state index < -0.39 is 22.7 Å². The number of nitrogens with zero attached hydrogens (tertiary/aromatic N) is 4. The van der Waals surface area contributed by atoms with E-state index in [2.05, 4.69) is 0 Å². The van der Waals surface area contributed by atoms with Crippen LogP contribution in [0.2, 0.25) is 0 Å². The molecule has 0 bridgehead atoms. The van der Waals surface area contributed by atoms with E-state index in [1.807, 2.05) is 6.07 Å². The van der Waals surface area contributed by atoms with E-state index in [-0.39, 0.29) is 42.9 Å². The molecule has 1 amide bonds. The maximum Gasteiger partial charge on any atom is 0.401 e. The van der Waals surface area contributed by atoms with Gasteiger partial charge in [-0.15, -0.1) is 0 Å². The van der Waals surface area contributed by atoms with Gasteiger partial charge in [-0.25, -0.2) is 8.42 Å². The Morgan fingerprint density at radius 1 is 1.03 bits per heavy atom. The van der Waals surface area contributed by atoms with E-state index in [1.54, 1.807) is 4.90 Å². The molecule has 0 aromatic heterocycles. The molecular weight excluding hydrogens is 433 g/mol. The number of rotatable bonds is 4. The Morgan fingerprint density at radius 2 is 1.68 bits per heavy atom. The topological polar surface area (TPSA) is 84.7 Å². The van der Waals surface area contributed by atoms with Gasteiger partial charge in [0, 0.05) is 45.2 Å². The Labute approximate surface area is 180 Å². The lowest BCUT2D eigenvalue weighted by Gasteiger charge is -2.33. The number of hydrogen-bond acceptors (Lipinski definition) is 5. The molecule has 0 radical (unpaired) electrons. The second kappa shape index (κ2) is 9.54. The summed E-state index contributed by atoms with van der Waals surface area (Å²) in [5, 5.41) is 8.85. The first kappa shape index (κ1) is 23.5. The molecule has 0 atom stereocenters. The molecule has 2 fully saturated rings. The van der Waals surface area contributed by atoms with Crippen molar-refractivity contribution in [3.8, 4) is 6.07 Å². The van der Waals surface area contributed by atoms with Crippen molar-refractivity contribution in [2.24, 2.45) is 5.92 Å². The van der Waals surface area contributed by atoms with E-state index >= 15 is 0 Å². The highest BCUT2D eigenvalue weighted by Gasteiger charge is 2.35. The summed E-state index contributed by atoms with van der Waals surface area (Å²) >= 11 is 0. The van der Waals surface area contributed by atoms with E-state index in [1.165, 1.54) is 33.5 Å². The number of benzene rings is 1. The summed E-state index contributed by atoms with van der Waals surface area (Å²) in [6.07, 6.45) is -3.03. The van der Waals surface area contributed by atoms with Gasteiger partial charge in [0.1, 0.15) is 0 Å². The molecule has 0 unspecified atom stereocenters. The fourth-order valence-corrected chi connectivity index (χ4v) is 5.52. The van der Waals surface area contributed by atoms with E-state index in [0.717, 1.165) is 0 Å². The summed E-state index contributed by atoms with van der Waals surface area (Å²) < 4.78 is 64.8. The Balaban J connectivity index is 1.55. The van der Waals surface area contributed by atoms with Crippen LogP contribution in [-0.2, 0) is 14.8 Å². The van der Waals surface area contributed by atoms with Crippen LogP contribution < -0.4 is 0 Å². The summed E-state index contributed by atoms with van der Waals surface area (Å²) in [6, 6.07) is 7.64. The van der Waals surface area contributed by atoms with Gasteiger partial charge in [0.25, 0.3) is 0 Å². The zero-order chi connectivity index (χ0) is 22.6. The van der Waals surface area contributed by atoms with Gasteiger partial charge in [-0.1, -0.05) is 0 Å². The molecule has 0 saturated carbocycles. The fourth-order valence-electron chi connectivity index (χ4n) is 4.05. The van der Waals surface area contributed by atoms with Gasteiger partial charge < -0.3 is 4.90 Å².